The number of para-hydroxylation sites is 1. The summed E-state index contributed by atoms with van der Waals surface area (Å²) in [6.45, 7) is 4.06. The van der Waals surface area contributed by atoms with Gasteiger partial charge in [-0.25, -0.2) is 15.0 Å². The number of nitrogens with zero attached hydrogens (tertiary/aromatic N) is 5. The summed E-state index contributed by atoms with van der Waals surface area (Å²) in [5.74, 6) is 1.20. The first-order chi connectivity index (χ1) is 14.1. The van der Waals surface area contributed by atoms with Crippen molar-refractivity contribution in [2.24, 2.45) is 0 Å². The van der Waals surface area contributed by atoms with E-state index in [1.165, 1.54) is 30.2 Å². The number of benzene rings is 1. The van der Waals surface area contributed by atoms with Gasteiger partial charge in [-0.05, 0) is 38.3 Å². The predicted molar refractivity (Wildman–Crippen MR) is 111 cm³/mol. The van der Waals surface area contributed by atoms with Crippen LogP contribution >= 0.6 is 0 Å². The fourth-order valence-corrected chi connectivity index (χ4v) is 3.58. The van der Waals surface area contributed by atoms with Crippen LogP contribution in [-0.4, -0.2) is 38.5 Å². The molecule has 0 radical (unpaired) electrons. The molecule has 1 aromatic carbocycles. The lowest BCUT2D eigenvalue weighted by molar-refractivity contribution is -0.121. The zero-order valence-electron chi connectivity index (χ0n) is 16.5. The van der Waals surface area contributed by atoms with Gasteiger partial charge in [0, 0.05) is 24.8 Å². The summed E-state index contributed by atoms with van der Waals surface area (Å²) in [6.07, 6.45) is 5.00. The van der Waals surface area contributed by atoms with Crippen LogP contribution < -0.4 is 15.8 Å². The van der Waals surface area contributed by atoms with Gasteiger partial charge in [-0.3, -0.25) is 14.2 Å². The Morgan fingerprint density at radius 3 is 2.76 bits per heavy atom. The molecule has 4 rings (SSSR count). The van der Waals surface area contributed by atoms with Crippen molar-refractivity contribution in [1.29, 1.82) is 0 Å². The number of rotatable bonds is 5. The van der Waals surface area contributed by atoms with E-state index >= 15 is 0 Å². The maximum Gasteiger partial charge on any atom is 0.261 e. The number of nitrogens with one attached hydrogen (secondary N) is 1. The summed E-state index contributed by atoms with van der Waals surface area (Å²) in [5, 5.41) is 3.31. The lowest BCUT2D eigenvalue weighted by Gasteiger charge is -2.28. The van der Waals surface area contributed by atoms with Crippen LogP contribution in [-0.2, 0) is 17.9 Å². The molecule has 150 valence electrons. The molecule has 2 aromatic heterocycles. The van der Waals surface area contributed by atoms with Crippen molar-refractivity contribution in [2.45, 2.75) is 39.3 Å². The maximum atomic E-state index is 12.5. The molecule has 3 aromatic rings. The van der Waals surface area contributed by atoms with Gasteiger partial charge >= 0.3 is 0 Å². The number of fused-ring (bicyclic) bond motifs is 1. The molecular formula is C21H24N6O2. The van der Waals surface area contributed by atoms with Gasteiger partial charge in [0.15, 0.2) is 0 Å². The molecule has 1 amide bonds. The zero-order chi connectivity index (χ0) is 20.2. The molecule has 0 atom stereocenters. The highest BCUT2D eigenvalue weighted by molar-refractivity contribution is 5.78. The van der Waals surface area contributed by atoms with E-state index in [1.807, 2.05) is 19.1 Å². The Morgan fingerprint density at radius 1 is 1.14 bits per heavy atom. The molecule has 1 saturated heterocycles. The summed E-state index contributed by atoms with van der Waals surface area (Å²) in [7, 11) is 0. The average Bonchev–Trinajstić information content (AvgIpc) is 2.75. The molecule has 1 aliphatic heterocycles. The van der Waals surface area contributed by atoms with Crippen molar-refractivity contribution in [3.8, 4) is 0 Å². The van der Waals surface area contributed by atoms with Gasteiger partial charge in [0.25, 0.3) is 5.56 Å². The third-order valence-corrected chi connectivity index (χ3v) is 5.06. The van der Waals surface area contributed by atoms with Crippen molar-refractivity contribution in [2.75, 3.05) is 18.0 Å². The molecule has 8 nitrogen and oxygen atoms in total. The van der Waals surface area contributed by atoms with E-state index in [0.717, 1.165) is 24.6 Å². The van der Waals surface area contributed by atoms with E-state index in [-0.39, 0.29) is 24.6 Å². The third-order valence-electron chi connectivity index (χ3n) is 5.06. The summed E-state index contributed by atoms with van der Waals surface area (Å²) >= 11 is 0. The highest BCUT2D eigenvalue weighted by Gasteiger charge is 2.14. The Hall–Kier alpha value is -3.29. The number of hydrogen-bond donors (Lipinski definition) is 1. The molecule has 29 heavy (non-hydrogen) atoms. The lowest BCUT2D eigenvalue weighted by Crippen LogP contribution is -2.33. The normalized spacial score (nSPS) is 14.2. The number of anilines is 1. The molecule has 0 saturated carbocycles. The summed E-state index contributed by atoms with van der Waals surface area (Å²) in [5.41, 5.74) is 1.26. The number of carbonyl (C=O) groups excluding carboxylic acids is 1. The molecule has 0 aliphatic carbocycles. The average molecular weight is 392 g/mol. The first-order valence-electron chi connectivity index (χ1n) is 9.90. The van der Waals surface area contributed by atoms with Crippen LogP contribution in [0.15, 0.2) is 41.5 Å². The fraction of sp³-hybridized carbons (Fsp3) is 0.381. The minimum Gasteiger partial charge on any atom is -0.357 e. The minimum absolute atomic E-state index is 0.0958. The number of carbonyl (C=O) groups is 1. The van der Waals surface area contributed by atoms with Crippen LogP contribution in [0.2, 0.25) is 0 Å². The number of hydrogen-bond acceptors (Lipinski definition) is 6. The van der Waals surface area contributed by atoms with Crippen molar-refractivity contribution in [3.05, 3.63) is 58.5 Å². The monoisotopic (exact) mass is 392 g/mol. The maximum absolute atomic E-state index is 12.5. The second kappa shape index (κ2) is 8.38. The number of aryl methyl sites for hydroxylation is 1. The van der Waals surface area contributed by atoms with Crippen LogP contribution in [0.25, 0.3) is 10.9 Å². The van der Waals surface area contributed by atoms with Gasteiger partial charge in [-0.1, -0.05) is 12.1 Å². The Kier molecular flexibility index (Phi) is 5.50. The molecule has 3 heterocycles. The molecule has 0 bridgehead atoms. The lowest BCUT2D eigenvalue weighted by atomic mass is 10.1. The molecule has 8 heteroatoms. The molecular weight excluding hydrogens is 368 g/mol. The van der Waals surface area contributed by atoms with Crippen LogP contribution in [0.4, 0.5) is 5.82 Å². The standard InChI is InChI=1S/C21H24N6O2/c1-15-11-19(26-9-5-2-6-10-26)25-18(24-15)12-22-20(28)13-27-14-23-17-8-4-3-7-16(17)21(27)29/h3-4,7-8,11,14H,2,5-6,9-10,12-13H2,1H3,(H,22,28). The highest BCUT2D eigenvalue weighted by Crippen LogP contribution is 2.18. The van der Waals surface area contributed by atoms with E-state index in [0.29, 0.717) is 16.7 Å². The molecule has 1 aliphatic rings. The quantitative estimate of drug-likeness (QED) is 0.712. The smallest absolute Gasteiger partial charge is 0.261 e. The Bertz CT molecular complexity index is 1090. The van der Waals surface area contributed by atoms with Gasteiger partial charge in [0.1, 0.15) is 18.2 Å². The van der Waals surface area contributed by atoms with Gasteiger partial charge < -0.3 is 10.2 Å². The van der Waals surface area contributed by atoms with Gasteiger partial charge in [0.05, 0.1) is 23.8 Å². The Balaban J connectivity index is 1.43. The number of amides is 1. The van der Waals surface area contributed by atoms with Gasteiger partial charge in [-0.2, -0.15) is 0 Å². The van der Waals surface area contributed by atoms with Crippen molar-refractivity contribution < 1.29 is 4.79 Å². The summed E-state index contributed by atoms with van der Waals surface area (Å²) in [4.78, 5) is 40.5. The van der Waals surface area contributed by atoms with Crippen LogP contribution in [0.1, 0.15) is 30.8 Å². The van der Waals surface area contributed by atoms with Gasteiger partial charge in [0.2, 0.25) is 5.91 Å². The fourth-order valence-electron chi connectivity index (χ4n) is 3.58. The predicted octanol–water partition coefficient (Wildman–Crippen LogP) is 1.80. The van der Waals surface area contributed by atoms with Crippen molar-refractivity contribution >= 4 is 22.6 Å². The second-order valence-electron chi connectivity index (χ2n) is 7.30. The highest BCUT2D eigenvalue weighted by atomic mass is 16.2. The van der Waals surface area contributed by atoms with Crippen LogP contribution in [0.3, 0.4) is 0 Å². The minimum atomic E-state index is -0.284. The summed E-state index contributed by atoms with van der Waals surface area (Å²) < 4.78 is 1.31. The second-order valence-corrected chi connectivity index (χ2v) is 7.30. The number of piperidine rings is 1. The zero-order valence-corrected chi connectivity index (χ0v) is 16.5. The van der Waals surface area contributed by atoms with E-state index in [4.69, 9.17) is 0 Å². The van der Waals surface area contributed by atoms with E-state index < -0.39 is 0 Å². The molecule has 0 unspecified atom stereocenters. The third kappa shape index (κ3) is 4.42. The number of aromatic nitrogens is 4. The Labute approximate surface area is 168 Å². The molecule has 0 spiro atoms. The first-order valence-corrected chi connectivity index (χ1v) is 9.90. The Morgan fingerprint density at radius 2 is 1.93 bits per heavy atom. The van der Waals surface area contributed by atoms with Gasteiger partial charge in [-0.15, -0.1) is 0 Å². The van der Waals surface area contributed by atoms with E-state index in [2.05, 4.69) is 25.2 Å². The van der Waals surface area contributed by atoms with Crippen LogP contribution in [0.5, 0.6) is 0 Å². The van der Waals surface area contributed by atoms with E-state index in [1.54, 1.807) is 18.2 Å². The summed E-state index contributed by atoms with van der Waals surface area (Å²) in [6, 6.07) is 9.07. The van der Waals surface area contributed by atoms with Crippen LogP contribution in [0, 0.1) is 6.92 Å². The SMILES string of the molecule is Cc1cc(N2CCCCC2)nc(CNC(=O)Cn2cnc3ccccc3c2=O)n1. The molecule has 1 fully saturated rings. The topological polar surface area (TPSA) is 93.0 Å². The molecule has 1 N–H and O–H groups in total. The van der Waals surface area contributed by atoms with Crippen molar-refractivity contribution in [3.63, 3.8) is 0 Å². The first kappa shape index (κ1) is 19.0. The van der Waals surface area contributed by atoms with Crippen molar-refractivity contribution in [1.82, 2.24) is 24.8 Å². The largest absolute Gasteiger partial charge is 0.357 e. The van der Waals surface area contributed by atoms with E-state index in [9.17, 15) is 9.59 Å².